The van der Waals surface area contributed by atoms with E-state index in [1.165, 1.54) is 11.2 Å². The highest BCUT2D eigenvalue weighted by Crippen LogP contribution is 2.33. The van der Waals surface area contributed by atoms with Gasteiger partial charge in [-0.05, 0) is 67.1 Å². The Morgan fingerprint density at radius 2 is 1.97 bits per heavy atom. The molecule has 1 aliphatic heterocycles. The number of nitrogens with zero attached hydrogens (tertiary/aromatic N) is 3. The smallest absolute Gasteiger partial charge is 0.284 e. The monoisotopic (exact) mass is 477 g/mol. The van der Waals surface area contributed by atoms with E-state index in [1.807, 2.05) is 43.3 Å². The van der Waals surface area contributed by atoms with Crippen molar-refractivity contribution in [3.63, 3.8) is 0 Å². The molecule has 0 fully saturated rings. The number of methoxy groups -OCH3 is 2. The molecular formula is C26H27N3O6. The van der Waals surface area contributed by atoms with Crippen LogP contribution in [0.1, 0.15) is 36.3 Å². The fraction of sp³-hybridized carbons (Fsp3) is 0.269. The quantitative estimate of drug-likeness (QED) is 0.317. The summed E-state index contributed by atoms with van der Waals surface area (Å²) in [5, 5.41) is 9.91. The Morgan fingerprint density at radius 1 is 1.14 bits per heavy atom. The van der Waals surface area contributed by atoms with Crippen molar-refractivity contribution >= 4 is 17.8 Å². The lowest BCUT2D eigenvalue weighted by atomic mass is 10.0. The minimum Gasteiger partial charge on any atom is -0.497 e. The van der Waals surface area contributed by atoms with Crippen molar-refractivity contribution in [3.8, 4) is 17.2 Å². The van der Waals surface area contributed by atoms with Gasteiger partial charge >= 0.3 is 0 Å². The number of benzene rings is 2. The Labute approximate surface area is 203 Å². The molecule has 0 N–H and O–H groups in total. The van der Waals surface area contributed by atoms with E-state index in [2.05, 4.69) is 10.3 Å². The molecule has 4 rings (SSSR count). The van der Waals surface area contributed by atoms with Crippen LogP contribution in [0.3, 0.4) is 0 Å². The predicted molar refractivity (Wildman–Crippen MR) is 130 cm³/mol. The van der Waals surface area contributed by atoms with E-state index in [0.717, 1.165) is 22.6 Å². The van der Waals surface area contributed by atoms with Crippen LogP contribution in [0.5, 0.6) is 17.2 Å². The Hall–Kier alpha value is -4.27. The van der Waals surface area contributed by atoms with Gasteiger partial charge in [-0.25, -0.2) is 5.01 Å². The van der Waals surface area contributed by atoms with Gasteiger partial charge in [0.05, 0.1) is 39.0 Å². The highest BCUT2D eigenvalue weighted by molar-refractivity contribution is 6.03. The fourth-order valence-corrected chi connectivity index (χ4v) is 3.70. The highest BCUT2D eigenvalue weighted by atomic mass is 16.6. The summed E-state index contributed by atoms with van der Waals surface area (Å²) in [4.78, 5) is 18.3. The van der Waals surface area contributed by atoms with E-state index in [4.69, 9.17) is 23.5 Å². The Balaban J connectivity index is 1.43. The van der Waals surface area contributed by atoms with Gasteiger partial charge in [-0.15, -0.1) is 0 Å². The maximum Gasteiger partial charge on any atom is 0.284 e. The Kier molecular flexibility index (Phi) is 7.67. The first-order valence-electron chi connectivity index (χ1n) is 11.2. The first-order chi connectivity index (χ1) is 17.1. The van der Waals surface area contributed by atoms with Gasteiger partial charge < -0.3 is 23.5 Å². The lowest BCUT2D eigenvalue weighted by molar-refractivity contribution is -0.138. The van der Waals surface area contributed by atoms with Gasteiger partial charge in [0.2, 0.25) is 0 Å². The van der Waals surface area contributed by atoms with Gasteiger partial charge in [-0.1, -0.05) is 5.16 Å². The minimum atomic E-state index is -0.363. The van der Waals surface area contributed by atoms with Crippen molar-refractivity contribution in [2.75, 3.05) is 27.4 Å². The van der Waals surface area contributed by atoms with Crippen molar-refractivity contribution in [1.29, 1.82) is 0 Å². The third-order valence-electron chi connectivity index (χ3n) is 5.41. The van der Waals surface area contributed by atoms with Crippen LogP contribution >= 0.6 is 0 Å². The second-order valence-electron chi connectivity index (χ2n) is 7.60. The summed E-state index contributed by atoms with van der Waals surface area (Å²) in [7, 11) is 3.18. The van der Waals surface area contributed by atoms with Crippen LogP contribution in [-0.2, 0) is 9.63 Å². The molecule has 0 bridgehead atoms. The molecule has 0 spiro atoms. The average molecular weight is 478 g/mol. The highest BCUT2D eigenvalue weighted by Gasteiger charge is 2.35. The van der Waals surface area contributed by atoms with Crippen molar-refractivity contribution in [2.45, 2.75) is 19.4 Å². The molecule has 2 aromatic carbocycles. The molecule has 9 heteroatoms. The Bertz CT molecular complexity index is 1190. The molecule has 182 valence electrons. The van der Waals surface area contributed by atoms with Crippen LogP contribution in [0.15, 0.2) is 75.5 Å². The molecule has 0 aliphatic carbocycles. The molecule has 1 aliphatic rings. The summed E-state index contributed by atoms with van der Waals surface area (Å²) in [6.45, 7) is 2.16. The summed E-state index contributed by atoms with van der Waals surface area (Å²) < 4.78 is 21.6. The third kappa shape index (κ3) is 5.63. The number of hydrogen-bond acceptors (Lipinski definition) is 8. The van der Waals surface area contributed by atoms with Crippen LogP contribution in [-0.4, -0.2) is 50.3 Å². The lowest BCUT2D eigenvalue weighted by Crippen LogP contribution is -2.29. The van der Waals surface area contributed by atoms with Crippen molar-refractivity contribution in [3.05, 3.63) is 77.7 Å². The third-order valence-corrected chi connectivity index (χ3v) is 5.41. The largest absolute Gasteiger partial charge is 0.497 e. The van der Waals surface area contributed by atoms with Gasteiger partial charge in [0.25, 0.3) is 5.91 Å². The number of rotatable bonds is 10. The predicted octanol–water partition coefficient (Wildman–Crippen LogP) is 4.42. The molecule has 9 nitrogen and oxygen atoms in total. The number of amides is 1. The summed E-state index contributed by atoms with van der Waals surface area (Å²) >= 11 is 0. The standard InChI is InChI=1S/C26H27N3O6/c1-4-33-24-12-7-18(14-25(24)32-3)16-27-35-17-26(30)29-22(23-6-5-13-34-23)15-21(28-29)19-8-10-20(31-2)11-9-19/h5-14,16,22H,4,15,17H2,1-3H3/b27-16+. The number of ether oxygens (including phenoxy) is 3. The van der Waals surface area contributed by atoms with Gasteiger partial charge in [-0.3, -0.25) is 4.79 Å². The van der Waals surface area contributed by atoms with E-state index in [0.29, 0.717) is 30.3 Å². The molecule has 3 aromatic rings. The Morgan fingerprint density at radius 3 is 2.66 bits per heavy atom. The van der Waals surface area contributed by atoms with Gasteiger partial charge in [0, 0.05) is 12.0 Å². The molecule has 35 heavy (non-hydrogen) atoms. The van der Waals surface area contributed by atoms with E-state index in [9.17, 15) is 4.79 Å². The van der Waals surface area contributed by atoms with E-state index >= 15 is 0 Å². The summed E-state index contributed by atoms with van der Waals surface area (Å²) in [6, 6.07) is 16.2. The summed E-state index contributed by atoms with van der Waals surface area (Å²) in [5.41, 5.74) is 2.42. The zero-order valence-corrected chi connectivity index (χ0v) is 19.8. The van der Waals surface area contributed by atoms with Crippen LogP contribution in [0.4, 0.5) is 0 Å². The van der Waals surface area contributed by atoms with Crippen LogP contribution in [0.2, 0.25) is 0 Å². The number of hydrogen-bond donors (Lipinski definition) is 0. The summed E-state index contributed by atoms with van der Waals surface area (Å²) in [6.07, 6.45) is 3.60. The zero-order valence-electron chi connectivity index (χ0n) is 19.8. The number of carbonyl (C=O) groups excluding carboxylic acids is 1. The molecular weight excluding hydrogens is 450 g/mol. The number of carbonyl (C=O) groups is 1. The normalized spacial score (nSPS) is 15.2. The molecule has 0 saturated carbocycles. The maximum absolute atomic E-state index is 13.0. The topological polar surface area (TPSA) is 95.1 Å². The average Bonchev–Trinajstić information content (AvgIpc) is 3.58. The number of furan rings is 1. The lowest BCUT2D eigenvalue weighted by Gasteiger charge is -2.19. The van der Waals surface area contributed by atoms with Crippen LogP contribution in [0.25, 0.3) is 0 Å². The van der Waals surface area contributed by atoms with E-state index < -0.39 is 0 Å². The molecule has 2 heterocycles. The van der Waals surface area contributed by atoms with Crippen LogP contribution < -0.4 is 14.2 Å². The molecule has 1 unspecified atom stereocenters. The fourth-order valence-electron chi connectivity index (χ4n) is 3.70. The first-order valence-corrected chi connectivity index (χ1v) is 11.2. The number of hydrazone groups is 1. The van der Waals surface area contributed by atoms with Gasteiger partial charge in [0.1, 0.15) is 17.6 Å². The minimum absolute atomic E-state index is 0.277. The molecule has 1 atom stereocenters. The molecule has 0 saturated heterocycles. The maximum atomic E-state index is 13.0. The van der Waals surface area contributed by atoms with Crippen molar-refractivity contribution in [1.82, 2.24) is 5.01 Å². The van der Waals surface area contributed by atoms with E-state index in [-0.39, 0.29) is 18.6 Å². The number of oxime groups is 1. The SMILES string of the molecule is CCOc1ccc(/C=N/OCC(=O)N2N=C(c3ccc(OC)cc3)CC2c2ccco2)cc1OC. The van der Waals surface area contributed by atoms with Crippen LogP contribution in [0, 0.1) is 0 Å². The molecule has 1 amide bonds. The summed E-state index contributed by atoms with van der Waals surface area (Å²) in [5.74, 6) is 2.30. The molecule has 1 aromatic heterocycles. The molecule has 0 radical (unpaired) electrons. The zero-order chi connectivity index (χ0) is 24.6. The van der Waals surface area contributed by atoms with Crippen molar-refractivity contribution in [2.24, 2.45) is 10.3 Å². The van der Waals surface area contributed by atoms with Gasteiger partial charge in [-0.2, -0.15) is 5.10 Å². The first kappa shape index (κ1) is 23.9. The second-order valence-corrected chi connectivity index (χ2v) is 7.60. The van der Waals surface area contributed by atoms with E-state index in [1.54, 1.807) is 38.7 Å². The van der Waals surface area contributed by atoms with Crippen molar-refractivity contribution < 1.29 is 28.3 Å². The second kappa shape index (κ2) is 11.2. The van der Waals surface area contributed by atoms with Gasteiger partial charge in [0.15, 0.2) is 18.1 Å².